The number of hydrogen-bond acceptors (Lipinski definition) is 5. The van der Waals surface area contributed by atoms with E-state index < -0.39 is 6.04 Å². The Kier molecular flexibility index (Phi) is 4.40. The van der Waals surface area contributed by atoms with Gasteiger partial charge in [-0.3, -0.25) is 4.79 Å². The summed E-state index contributed by atoms with van der Waals surface area (Å²) in [6.45, 7) is 0.427. The van der Waals surface area contributed by atoms with Gasteiger partial charge in [-0.25, -0.2) is 4.79 Å². The Morgan fingerprint density at radius 1 is 1.44 bits per heavy atom. The monoisotopic (exact) mass is 261 g/mol. The molecule has 6 heteroatoms. The third-order valence-electron chi connectivity index (χ3n) is 2.52. The Labute approximate surface area is 103 Å². The van der Waals surface area contributed by atoms with E-state index in [1.165, 1.54) is 6.42 Å². The number of thioether (sulfide) groups is 2. The Morgan fingerprint density at radius 3 is 2.81 bits per heavy atom. The first kappa shape index (κ1) is 12.1. The molecule has 0 saturated carbocycles. The SMILES string of the molecule is O=C(CC1SCCCS1)NC1CCOC1=O. The van der Waals surface area contributed by atoms with Crippen molar-refractivity contribution in [2.45, 2.75) is 29.9 Å². The fourth-order valence-electron chi connectivity index (χ4n) is 1.69. The third-order valence-corrected chi connectivity index (χ3v) is 5.46. The van der Waals surface area contributed by atoms with E-state index in [1.54, 1.807) is 0 Å². The molecule has 0 aromatic rings. The average Bonchev–Trinajstić information content (AvgIpc) is 2.66. The summed E-state index contributed by atoms with van der Waals surface area (Å²) in [6.07, 6.45) is 2.33. The van der Waals surface area contributed by atoms with Gasteiger partial charge in [0.15, 0.2) is 0 Å². The van der Waals surface area contributed by atoms with Crippen molar-refractivity contribution < 1.29 is 14.3 Å². The minimum absolute atomic E-state index is 0.0317. The van der Waals surface area contributed by atoms with Gasteiger partial charge in [0.05, 0.1) is 11.2 Å². The van der Waals surface area contributed by atoms with Crippen LogP contribution in [0.4, 0.5) is 0 Å². The summed E-state index contributed by atoms with van der Waals surface area (Å²) in [6, 6.07) is -0.411. The molecule has 0 bridgehead atoms. The van der Waals surface area contributed by atoms with Crippen LogP contribution in [0.25, 0.3) is 0 Å². The van der Waals surface area contributed by atoms with Crippen molar-refractivity contribution in [2.75, 3.05) is 18.1 Å². The molecule has 1 atom stereocenters. The topological polar surface area (TPSA) is 55.4 Å². The van der Waals surface area contributed by atoms with Crippen molar-refractivity contribution in [3.63, 3.8) is 0 Å². The molecular formula is C10H15NO3S2. The van der Waals surface area contributed by atoms with Gasteiger partial charge in [-0.05, 0) is 17.9 Å². The molecule has 1 amide bonds. The lowest BCUT2D eigenvalue weighted by Gasteiger charge is -2.20. The highest BCUT2D eigenvalue weighted by molar-refractivity contribution is 8.17. The lowest BCUT2D eigenvalue weighted by atomic mass is 10.2. The van der Waals surface area contributed by atoms with Gasteiger partial charge in [0.25, 0.3) is 0 Å². The minimum Gasteiger partial charge on any atom is -0.464 e. The van der Waals surface area contributed by atoms with Gasteiger partial charge in [0, 0.05) is 12.8 Å². The predicted octanol–water partition coefficient (Wildman–Crippen LogP) is 1.00. The lowest BCUT2D eigenvalue weighted by molar-refractivity contribution is -0.141. The van der Waals surface area contributed by atoms with Crippen LogP contribution in [-0.4, -0.2) is 40.6 Å². The molecule has 2 aliphatic heterocycles. The highest BCUT2D eigenvalue weighted by Gasteiger charge is 2.28. The third kappa shape index (κ3) is 3.31. The molecule has 2 saturated heterocycles. The number of nitrogens with one attached hydrogen (secondary N) is 1. The van der Waals surface area contributed by atoms with E-state index >= 15 is 0 Å². The maximum absolute atomic E-state index is 11.7. The van der Waals surface area contributed by atoms with Gasteiger partial charge in [0.1, 0.15) is 6.04 Å². The van der Waals surface area contributed by atoms with Crippen LogP contribution >= 0.6 is 23.5 Å². The zero-order chi connectivity index (χ0) is 11.4. The van der Waals surface area contributed by atoms with Crippen molar-refractivity contribution in [2.24, 2.45) is 0 Å². The van der Waals surface area contributed by atoms with E-state index in [0.717, 1.165) is 11.5 Å². The fourth-order valence-corrected chi connectivity index (χ4v) is 4.52. The highest BCUT2D eigenvalue weighted by atomic mass is 32.2. The molecule has 0 aromatic heterocycles. The summed E-state index contributed by atoms with van der Waals surface area (Å²) in [5.41, 5.74) is 0. The molecule has 1 unspecified atom stereocenters. The second-order valence-corrected chi connectivity index (χ2v) is 6.72. The zero-order valence-electron chi connectivity index (χ0n) is 8.94. The molecule has 16 heavy (non-hydrogen) atoms. The van der Waals surface area contributed by atoms with Crippen LogP contribution in [0.15, 0.2) is 0 Å². The summed E-state index contributed by atoms with van der Waals surface area (Å²) in [5.74, 6) is 1.94. The van der Waals surface area contributed by atoms with E-state index in [-0.39, 0.29) is 11.9 Å². The van der Waals surface area contributed by atoms with Crippen molar-refractivity contribution in [1.82, 2.24) is 5.32 Å². The Morgan fingerprint density at radius 2 is 2.19 bits per heavy atom. The number of esters is 1. The number of carbonyl (C=O) groups is 2. The summed E-state index contributed by atoms with van der Waals surface area (Å²) in [7, 11) is 0. The molecule has 2 rings (SSSR count). The van der Waals surface area contributed by atoms with Crippen molar-refractivity contribution in [3.05, 3.63) is 0 Å². The summed E-state index contributed by atoms with van der Waals surface area (Å²) in [5, 5.41) is 2.74. The van der Waals surface area contributed by atoms with E-state index in [9.17, 15) is 9.59 Å². The number of hydrogen-bond donors (Lipinski definition) is 1. The van der Waals surface area contributed by atoms with Crippen LogP contribution < -0.4 is 5.32 Å². The first-order chi connectivity index (χ1) is 7.75. The number of cyclic esters (lactones) is 1. The van der Waals surface area contributed by atoms with Gasteiger partial charge in [-0.2, -0.15) is 0 Å². The van der Waals surface area contributed by atoms with Gasteiger partial charge in [0.2, 0.25) is 5.91 Å². The molecule has 2 heterocycles. The van der Waals surface area contributed by atoms with Gasteiger partial charge in [-0.15, -0.1) is 23.5 Å². The van der Waals surface area contributed by atoms with Crippen molar-refractivity contribution >= 4 is 35.4 Å². The minimum atomic E-state index is -0.411. The number of carbonyl (C=O) groups excluding carboxylic acids is 2. The molecule has 4 nitrogen and oxygen atoms in total. The second-order valence-electron chi connectivity index (χ2n) is 3.81. The van der Waals surface area contributed by atoms with E-state index in [2.05, 4.69) is 5.32 Å². The van der Waals surface area contributed by atoms with Crippen LogP contribution in [-0.2, 0) is 14.3 Å². The molecule has 0 aliphatic carbocycles. The zero-order valence-corrected chi connectivity index (χ0v) is 10.6. The van der Waals surface area contributed by atoms with E-state index in [0.29, 0.717) is 24.0 Å². The standard InChI is InChI=1S/C10H15NO3S2/c12-8(6-9-15-4-1-5-16-9)11-7-2-3-14-10(7)13/h7,9H,1-6H2,(H,11,12). The molecule has 2 aliphatic rings. The van der Waals surface area contributed by atoms with Crippen molar-refractivity contribution in [1.29, 1.82) is 0 Å². The van der Waals surface area contributed by atoms with E-state index in [4.69, 9.17) is 4.74 Å². The van der Waals surface area contributed by atoms with E-state index in [1.807, 2.05) is 23.5 Å². The normalized spacial score (nSPS) is 26.5. The molecule has 90 valence electrons. The first-order valence-electron chi connectivity index (χ1n) is 5.45. The molecule has 2 fully saturated rings. The maximum atomic E-state index is 11.7. The number of rotatable bonds is 3. The molecule has 0 aromatic carbocycles. The Hall–Kier alpha value is -0.360. The summed E-state index contributed by atoms with van der Waals surface area (Å²) < 4.78 is 5.15. The maximum Gasteiger partial charge on any atom is 0.328 e. The van der Waals surface area contributed by atoms with Gasteiger partial charge in [-0.1, -0.05) is 0 Å². The predicted molar refractivity (Wildman–Crippen MR) is 65.4 cm³/mol. The van der Waals surface area contributed by atoms with Crippen LogP contribution in [0, 0.1) is 0 Å². The molecular weight excluding hydrogens is 246 g/mol. The number of ether oxygens (including phenoxy) is 1. The van der Waals surface area contributed by atoms with Crippen LogP contribution in [0.3, 0.4) is 0 Å². The Bertz CT molecular complexity index is 279. The largest absolute Gasteiger partial charge is 0.464 e. The second kappa shape index (κ2) is 5.82. The van der Waals surface area contributed by atoms with Gasteiger partial charge >= 0.3 is 5.97 Å². The lowest BCUT2D eigenvalue weighted by Crippen LogP contribution is -2.38. The molecule has 1 N–H and O–H groups in total. The van der Waals surface area contributed by atoms with Gasteiger partial charge < -0.3 is 10.1 Å². The fraction of sp³-hybridized carbons (Fsp3) is 0.800. The first-order valence-corrected chi connectivity index (χ1v) is 7.54. The smallest absolute Gasteiger partial charge is 0.328 e. The summed E-state index contributed by atoms with van der Waals surface area (Å²) >= 11 is 3.67. The average molecular weight is 261 g/mol. The number of amides is 1. The Balaban J connectivity index is 1.72. The highest BCUT2D eigenvalue weighted by Crippen LogP contribution is 2.32. The van der Waals surface area contributed by atoms with Crippen LogP contribution in [0.5, 0.6) is 0 Å². The van der Waals surface area contributed by atoms with Crippen molar-refractivity contribution in [3.8, 4) is 0 Å². The quantitative estimate of drug-likeness (QED) is 0.768. The molecule has 0 radical (unpaired) electrons. The van der Waals surface area contributed by atoms with Crippen LogP contribution in [0.1, 0.15) is 19.3 Å². The summed E-state index contributed by atoms with van der Waals surface area (Å²) in [4.78, 5) is 22.8. The molecule has 0 spiro atoms. The van der Waals surface area contributed by atoms with Crippen LogP contribution in [0.2, 0.25) is 0 Å².